The third kappa shape index (κ3) is 8.32. The minimum Gasteiger partial charge on any atom is -0.492 e. The third-order valence-corrected chi connectivity index (χ3v) is 11.9. The van der Waals surface area contributed by atoms with Gasteiger partial charge in [0.1, 0.15) is 11.3 Å². The summed E-state index contributed by atoms with van der Waals surface area (Å²) in [5.74, 6) is -1.58. The highest BCUT2D eigenvalue weighted by Gasteiger charge is 2.43. The van der Waals surface area contributed by atoms with E-state index < -0.39 is 56.6 Å². The lowest BCUT2D eigenvalue weighted by Gasteiger charge is -2.35. The largest absolute Gasteiger partial charge is 0.492 e. The number of anilines is 2. The lowest BCUT2D eigenvalue weighted by Crippen LogP contribution is -2.49. The summed E-state index contributed by atoms with van der Waals surface area (Å²) in [6.45, 7) is 4.91. The van der Waals surface area contributed by atoms with Crippen LogP contribution in [-0.2, 0) is 25.0 Å². The molecule has 266 valence electrons. The van der Waals surface area contributed by atoms with Crippen LogP contribution in [0.2, 0.25) is 0 Å². The number of ether oxygens (including phenoxy) is 3. The number of pyridine rings is 1. The van der Waals surface area contributed by atoms with E-state index in [0.717, 1.165) is 18.9 Å². The molecule has 49 heavy (non-hydrogen) atoms. The number of nitrogens with one attached hydrogen (secondary N) is 2. The van der Waals surface area contributed by atoms with Crippen molar-refractivity contribution in [1.82, 2.24) is 9.88 Å². The van der Waals surface area contributed by atoms with Crippen LogP contribution in [-0.4, -0.2) is 80.7 Å². The highest BCUT2D eigenvalue weighted by Crippen LogP contribution is 2.60. The Bertz CT molecular complexity index is 1890. The van der Waals surface area contributed by atoms with Gasteiger partial charge in [-0.05, 0) is 49.9 Å². The first kappa shape index (κ1) is 36.5. The first-order chi connectivity index (χ1) is 23.0. The lowest BCUT2D eigenvalue weighted by atomic mass is 10.1. The Morgan fingerprint density at radius 2 is 1.76 bits per heavy atom. The fourth-order valence-corrected chi connectivity index (χ4v) is 8.22. The summed E-state index contributed by atoms with van der Waals surface area (Å²) >= 11 is 0. The summed E-state index contributed by atoms with van der Waals surface area (Å²) in [6, 6.07) is 6.35. The van der Waals surface area contributed by atoms with Gasteiger partial charge in [0.05, 0.1) is 18.0 Å². The monoisotopic (exact) mass is 726 g/mol. The first-order valence-electron chi connectivity index (χ1n) is 15.3. The molecule has 2 atom stereocenters. The average molecular weight is 727 g/mol. The molecule has 0 bridgehead atoms. The normalized spacial score (nSPS) is 17.6. The second kappa shape index (κ2) is 14.2. The second-order valence-corrected chi connectivity index (χ2v) is 16.0. The van der Waals surface area contributed by atoms with Gasteiger partial charge in [-0.2, -0.15) is 0 Å². The highest BCUT2D eigenvalue weighted by molar-refractivity contribution is 7.70. The van der Waals surface area contributed by atoms with Crippen molar-refractivity contribution in [1.29, 1.82) is 0 Å². The molecule has 1 aromatic heterocycles. The third-order valence-electron chi connectivity index (χ3n) is 8.19. The molecule has 1 saturated heterocycles. The van der Waals surface area contributed by atoms with Crippen LogP contribution in [0.25, 0.3) is 10.9 Å². The SMILES string of the molecule is COc1c(N2CCNC(C)C2)c(F)cc2c(=O)c(C(=O)OC(C)OC(=O)Nc3ccc(CC(P(=O)(O)O)P(=O)(O)O)cc3)cn(C3CC3)c12. The molecule has 2 aromatic carbocycles. The number of rotatable bonds is 11. The molecule has 1 saturated carbocycles. The van der Waals surface area contributed by atoms with Crippen molar-refractivity contribution in [3.8, 4) is 5.75 Å². The van der Waals surface area contributed by atoms with Gasteiger partial charge in [-0.3, -0.25) is 19.2 Å². The zero-order chi connectivity index (χ0) is 35.8. The number of hydrogen-bond donors (Lipinski definition) is 6. The van der Waals surface area contributed by atoms with Crippen LogP contribution in [0.1, 0.15) is 48.7 Å². The summed E-state index contributed by atoms with van der Waals surface area (Å²) < 4.78 is 56.6. The van der Waals surface area contributed by atoms with Crippen LogP contribution in [0.4, 0.5) is 20.6 Å². The summed E-state index contributed by atoms with van der Waals surface area (Å²) in [5, 5.41) is 3.38. The van der Waals surface area contributed by atoms with Gasteiger partial charge in [0.25, 0.3) is 0 Å². The van der Waals surface area contributed by atoms with Crippen molar-refractivity contribution in [2.45, 2.75) is 56.9 Å². The number of amides is 1. The van der Waals surface area contributed by atoms with Gasteiger partial charge >= 0.3 is 27.3 Å². The molecule has 2 aliphatic rings. The van der Waals surface area contributed by atoms with Crippen LogP contribution in [0.5, 0.6) is 5.75 Å². The maximum absolute atomic E-state index is 15.7. The minimum atomic E-state index is -5.12. The summed E-state index contributed by atoms with van der Waals surface area (Å²) in [5.41, 5.74) is -0.254. The van der Waals surface area contributed by atoms with Crippen molar-refractivity contribution in [3.05, 3.63) is 63.7 Å². The molecule has 1 aliphatic heterocycles. The quantitative estimate of drug-likeness (QED) is 0.0948. The number of carbonyl (C=O) groups is 2. The zero-order valence-electron chi connectivity index (χ0n) is 26.7. The predicted octanol–water partition coefficient (Wildman–Crippen LogP) is 3.26. The van der Waals surface area contributed by atoms with Crippen molar-refractivity contribution in [2.75, 3.05) is 37.0 Å². The van der Waals surface area contributed by atoms with Gasteiger partial charge in [-0.25, -0.2) is 14.0 Å². The van der Waals surface area contributed by atoms with Crippen molar-refractivity contribution in [2.24, 2.45) is 0 Å². The number of aromatic nitrogens is 1. The van der Waals surface area contributed by atoms with Gasteiger partial charge < -0.3 is 48.6 Å². The Morgan fingerprint density at radius 3 is 2.33 bits per heavy atom. The van der Waals surface area contributed by atoms with Gasteiger partial charge in [-0.1, -0.05) is 12.1 Å². The van der Waals surface area contributed by atoms with Gasteiger partial charge in [0.2, 0.25) is 11.7 Å². The number of esters is 1. The van der Waals surface area contributed by atoms with Gasteiger partial charge in [-0.15, -0.1) is 0 Å². The molecule has 19 heteroatoms. The van der Waals surface area contributed by atoms with Crippen LogP contribution < -0.4 is 25.7 Å². The number of benzene rings is 2. The molecule has 2 heterocycles. The summed E-state index contributed by atoms with van der Waals surface area (Å²) in [7, 11) is -8.85. The van der Waals surface area contributed by atoms with E-state index in [1.807, 2.05) is 11.8 Å². The fourth-order valence-electron chi connectivity index (χ4n) is 5.76. The summed E-state index contributed by atoms with van der Waals surface area (Å²) in [4.78, 5) is 78.5. The first-order valence-corrected chi connectivity index (χ1v) is 18.7. The number of methoxy groups -OCH3 is 1. The lowest BCUT2D eigenvalue weighted by molar-refractivity contribution is -0.0564. The number of halogens is 1. The van der Waals surface area contributed by atoms with Crippen LogP contribution in [0.15, 0.2) is 41.3 Å². The second-order valence-electron chi connectivity index (χ2n) is 12.0. The van der Waals surface area contributed by atoms with E-state index in [4.69, 9.17) is 14.2 Å². The van der Waals surface area contributed by atoms with Crippen molar-refractivity contribution < 1.29 is 56.9 Å². The maximum Gasteiger partial charge on any atom is 0.414 e. The smallest absolute Gasteiger partial charge is 0.414 e. The predicted molar refractivity (Wildman–Crippen MR) is 176 cm³/mol. The Morgan fingerprint density at radius 1 is 1.10 bits per heavy atom. The van der Waals surface area contributed by atoms with Gasteiger partial charge in [0.15, 0.2) is 17.0 Å². The van der Waals surface area contributed by atoms with Crippen molar-refractivity contribution >= 4 is 49.5 Å². The molecule has 2 unspecified atom stereocenters. The Kier molecular flexibility index (Phi) is 10.6. The van der Waals surface area contributed by atoms with Gasteiger partial charge in [0, 0.05) is 50.5 Å². The number of carbonyl (C=O) groups excluding carboxylic acids is 2. The average Bonchev–Trinajstić information content (AvgIpc) is 3.84. The number of fused-ring (bicyclic) bond motifs is 1. The Hall–Kier alpha value is -3.82. The van der Waals surface area contributed by atoms with E-state index in [2.05, 4.69) is 10.6 Å². The zero-order valence-corrected chi connectivity index (χ0v) is 28.5. The molecule has 2 fully saturated rings. The maximum atomic E-state index is 15.7. The highest BCUT2D eigenvalue weighted by atomic mass is 31.2. The fraction of sp³-hybridized carbons (Fsp3) is 0.433. The van der Waals surface area contributed by atoms with Crippen LogP contribution in [0, 0.1) is 5.82 Å². The number of nitrogens with zero attached hydrogens (tertiary/aromatic N) is 2. The van der Waals surface area contributed by atoms with E-state index in [-0.39, 0.29) is 45.7 Å². The van der Waals surface area contributed by atoms with Crippen LogP contribution >= 0.6 is 15.2 Å². The molecule has 1 amide bonds. The molecule has 6 N–H and O–H groups in total. The van der Waals surface area contributed by atoms with E-state index in [9.17, 15) is 43.1 Å². The Labute approximate surface area is 279 Å². The number of hydrogen-bond acceptors (Lipinski definition) is 10. The molecule has 0 spiro atoms. The standard InChI is InChI=1S/C30H37FN4O12P2/c1-16-14-34(11-10-32-16)26-23(31)13-21-25(28(26)45-3)35(20-8-9-20)15-22(27(21)36)29(37)46-17(2)47-30(38)33-19-6-4-18(5-7-19)12-24(48(39,40)41)49(42,43)44/h4-7,13,15-17,20,24,32H,8-12,14H2,1-3H3,(H,33,38)(H2,39,40,41)(H2,42,43,44). The molecule has 1 aliphatic carbocycles. The van der Waals surface area contributed by atoms with Crippen LogP contribution in [0.3, 0.4) is 0 Å². The minimum absolute atomic E-state index is 0.0610. The van der Waals surface area contributed by atoms with Crippen molar-refractivity contribution in [3.63, 3.8) is 0 Å². The molecule has 16 nitrogen and oxygen atoms in total. The van der Waals surface area contributed by atoms with E-state index >= 15 is 4.39 Å². The Balaban J connectivity index is 1.30. The molecular weight excluding hydrogens is 689 g/mol. The van der Waals surface area contributed by atoms with E-state index in [1.54, 1.807) is 4.57 Å². The van der Waals surface area contributed by atoms with E-state index in [0.29, 0.717) is 25.2 Å². The molecule has 0 radical (unpaired) electrons. The molecule has 3 aromatic rings. The summed E-state index contributed by atoms with van der Waals surface area (Å²) in [6.07, 6.45) is -0.283. The molecular formula is C30H37FN4O12P2. The molecule has 5 rings (SSSR count). The van der Waals surface area contributed by atoms with E-state index in [1.165, 1.54) is 44.5 Å². The topological polar surface area (TPSA) is 226 Å². The number of piperazine rings is 1.